The number of carbonyl (C=O) groups excluding carboxylic acids is 1. The van der Waals surface area contributed by atoms with Gasteiger partial charge in [-0.1, -0.05) is 13.0 Å². The van der Waals surface area contributed by atoms with Crippen molar-refractivity contribution >= 4 is 39.4 Å². The smallest absolute Gasteiger partial charge is 0.228 e. The van der Waals surface area contributed by atoms with Crippen LogP contribution in [0.25, 0.3) is 0 Å². The maximum absolute atomic E-state index is 13.0. The van der Waals surface area contributed by atoms with Gasteiger partial charge in [0.15, 0.2) is 0 Å². The van der Waals surface area contributed by atoms with Gasteiger partial charge in [-0.2, -0.15) is 0 Å². The number of carbonyl (C=O) groups is 1. The zero-order valence-corrected chi connectivity index (χ0v) is 9.76. The fraction of sp³-hybridized carbons (Fsp3) is 0.222. The van der Waals surface area contributed by atoms with Crippen LogP contribution < -0.4 is 0 Å². The minimum absolute atomic E-state index is 0.317. The number of rotatable bonds is 2. The Balaban J connectivity index is 3.03. The normalized spacial score (nSPS) is 12.6. The van der Waals surface area contributed by atoms with E-state index in [1.807, 2.05) is 22.6 Å². The van der Waals surface area contributed by atoms with Crippen LogP contribution in [-0.4, -0.2) is 5.24 Å². The Morgan fingerprint density at radius 3 is 2.69 bits per heavy atom. The molecule has 0 saturated carbocycles. The summed E-state index contributed by atoms with van der Waals surface area (Å²) in [4.78, 5) is 10.8. The number of halogens is 3. The molecular weight excluding hydrogens is 305 g/mol. The molecule has 0 aromatic heterocycles. The van der Waals surface area contributed by atoms with Gasteiger partial charge < -0.3 is 0 Å². The molecular formula is C9H7ClFIO. The van der Waals surface area contributed by atoms with Crippen LogP contribution in [0.3, 0.4) is 0 Å². The highest BCUT2D eigenvalue weighted by molar-refractivity contribution is 14.1. The molecule has 4 heteroatoms. The molecule has 0 saturated heterocycles. The van der Waals surface area contributed by atoms with Crippen molar-refractivity contribution in [1.82, 2.24) is 0 Å². The Morgan fingerprint density at radius 2 is 2.23 bits per heavy atom. The van der Waals surface area contributed by atoms with E-state index >= 15 is 0 Å². The molecule has 0 amide bonds. The summed E-state index contributed by atoms with van der Waals surface area (Å²) in [6, 6.07) is 4.67. The average molecular weight is 313 g/mol. The summed E-state index contributed by atoms with van der Waals surface area (Å²) in [7, 11) is 0. The molecule has 1 unspecified atom stereocenters. The van der Waals surface area contributed by atoms with E-state index in [0.29, 0.717) is 9.13 Å². The molecule has 1 rings (SSSR count). The fourth-order valence-electron chi connectivity index (χ4n) is 0.913. The minimum Gasteiger partial charge on any atom is -0.281 e. The van der Waals surface area contributed by atoms with Crippen LogP contribution in [0.15, 0.2) is 18.2 Å². The standard InChI is InChI=1S/C9H7ClFIO/c1-5(9(10)13)6-2-3-8(12)7(11)4-6/h2-5H,1H3. The molecule has 0 radical (unpaired) electrons. The molecule has 1 aromatic carbocycles. The molecule has 0 bridgehead atoms. The molecule has 0 fully saturated rings. The first kappa shape index (κ1) is 10.9. The van der Waals surface area contributed by atoms with Crippen LogP contribution in [0, 0.1) is 9.39 Å². The van der Waals surface area contributed by atoms with Crippen molar-refractivity contribution in [2.75, 3.05) is 0 Å². The first-order chi connectivity index (χ1) is 6.02. The molecule has 0 aliphatic carbocycles. The van der Waals surface area contributed by atoms with Gasteiger partial charge in [-0.25, -0.2) is 4.39 Å². The Kier molecular flexibility index (Phi) is 3.67. The van der Waals surface area contributed by atoms with Gasteiger partial charge in [0.1, 0.15) is 5.82 Å². The van der Waals surface area contributed by atoms with Crippen LogP contribution in [0.5, 0.6) is 0 Å². The summed E-state index contributed by atoms with van der Waals surface area (Å²) >= 11 is 7.18. The molecule has 0 spiro atoms. The summed E-state index contributed by atoms with van der Waals surface area (Å²) in [5, 5.41) is -0.472. The first-order valence-electron chi connectivity index (χ1n) is 3.66. The Hall–Kier alpha value is -0.160. The fourth-order valence-corrected chi connectivity index (χ4v) is 1.37. The van der Waals surface area contributed by atoms with Crippen molar-refractivity contribution in [2.45, 2.75) is 12.8 Å². The first-order valence-corrected chi connectivity index (χ1v) is 5.12. The van der Waals surface area contributed by atoms with E-state index in [-0.39, 0.29) is 5.82 Å². The predicted molar refractivity (Wildman–Crippen MR) is 58.4 cm³/mol. The number of hydrogen-bond donors (Lipinski definition) is 0. The SMILES string of the molecule is CC(C(=O)Cl)c1ccc(I)c(F)c1. The molecule has 0 aliphatic heterocycles. The Labute approximate surface area is 94.4 Å². The van der Waals surface area contributed by atoms with Crippen LogP contribution in [0.4, 0.5) is 4.39 Å². The van der Waals surface area contributed by atoms with Crippen molar-refractivity contribution in [3.8, 4) is 0 Å². The van der Waals surface area contributed by atoms with Gasteiger partial charge in [-0.3, -0.25) is 4.79 Å². The lowest BCUT2D eigenvalue weighted by molar-refractivity contribution is -0.112. The minimum atomic E-state index is -0.472. The van der Waals surface area contributed by atoms with Crippen molar-refractivity contribution in [3.63, 3.8) is 0 Å². The monoisotopic (exact) mass is 312 g/mol. The van der Waals surface area contributed by atoms with Crippen molar-refractivity contribution in [2.24, 2.45) is 0 Å². The van der Waals surface area contributed by atoms with Gasteiger partial charge in [-0.05, 0) is 51.9 Å². The molecule has 0 heterocycles. The summed E-state index contributed by atoms with van der Waals surface area (Å²) in [6.45, 7) is 1.65. The van der Waals surface area contributed by atoms with E-state index in [1.165, 1.54) is 6.07 Å². The van der Waals surface area contributed by atoms with E-state index < -0.39 is 11.2 Å². The van der Waals surface area contributed by atoms with E-state index in [4.69, 9.17) is 11.6 Å². The second-order valence-corrected chi connectivity index (χ2v) is 4.23. The van der Waals surface area contributed by atoms with E-state index in [1.54, 1.807) is 19.1 Å². The molecule has 13 heavy (non-hydrogen) atoms. The highest BCUT2D eigenvalue weighted by Gasteiger charge is 2.13. The van der Waals surface area contributed by atoms with Crippen LogP contribution >= 0.6 is 34.2 Å². The predicted octanol–water partition coefficient (Wildman–Crippen LogP) is 3.30. The number of benzene rings is 1. The molecule has 0 N–H and O–H groups in total. The highest BCUT2D eigenvalue weighted by atomic mass is 127. The van der Waals surface area contributed by atoms with E-state index in [2.05, 4.69) is 0 Å². The van der Waals surface area contributed by atoms with Crippen molar-refractivity contribution < 1.29 is 9.18 Å². The van der Waals surface area contributed by atoms with Crippen LogP contribution in [0.1, 0.15) is 18.4 Å². The lowest BCUT2D eigenvalue weighted by Crippen LogP contribution is -2.02. The maximum atomic E-state index is 13.0. The molecule has 70 valence electrons. The summed E-state index contributed by atoms with van der Waals surface area (Å²) in [5.74, 6) is -0.768. The number of hydrogen-bond acceptors (Lipinski definition) is 1. The summed E-state index contributed by atoms with van der Waals surface area (Å²) in [5.41, 5.74) is 0.609. The summed E-state index contributed by atoms with van der Waals surface area (Å²) < 4.78 is 13.6. The van der Waals surface area contributed by atoms with E-state index in [9.17, 15) is 9.18 Å². The van der Waals surface area contributed by atoms with Crippen molar-refractivity contribution in [1.29, 1.82) is 0 Å². The zero-order chi connectivity index (χ0) is 10.0. The lowest BCUT2D eigenvalue weighted by atomic mass is 10.0. The van der Waals surface area contributed by atoms with Gasteiger partial charge in [0, 0.05) is 3.57 Å². The second kappa shape index (κ2) is 4.37. The highest BCUT2D eigenvalue weighted by Crippen LogP contribution is 2.21. The van der Waals surface area contributed by atoms with Crippen molar-refractivity contribution in [3.05, 3.63) is 33.1 Å². The van der Waals surface area contributed by atoms with Gasteiger partial charge in [-0.15, -0.1) is 0 Å². The van der Waals surface area contributed by atoms with Gasteiger partial charge in [0.25, 0.3) is 0 Å². The molecule has 1 nitrogen and oxygen atoms in total. The average Bonchev–Trinajstić information content (AvgIpc) is 2.08. The second-order valence-electron chi connectivity index (χ2n) is 2.70. The lowest BCUT2D eigenvalue weighted by Gasteiger charge is -2.06. The summed E-state index contributed by atoms with van der Waals surface area (Å²) in [6.07, 6.45) is 0. The molecule has 1 aromatic rings. The third kappa shape index (κ3) is 2.64. The molecule has 0 aliphatic rings. The van der Waals surface area contributed by atoms with Gasteiger partial charge in [0.05, 0.1) is 5.92 Å². The third-order valence-electron chi connectivity index (χ3n) is 1.78. The van der Waals surface area contributed by atoms with Crippen LogP contribution in [0.2, 0.25) is 0 Å². The Morgan fingerprint density at radius 1 is 1.62 bits per heavy atom. The third-order valence-corrected chi connectivity index (χ3v) is 2.99. The Bertz CT molecular complexity index is 340. The molecule has 1 atom stereocenters. The zero-order valence-electron chi connectivity index (χ0n) is 6.85. The van der Waals surface area contributed by atoms with Gasteiger partial charge in [0.2, 0.25) is 5.24 Å². The largest absolute Gasteiger partial charge is 0.281 e. The quantitative estimate of drug-likeness (QED) is 0.605. The van der Waals surface area contributed by atoms with Crippen LogP contribution in [-0.2, 0) is 4.79 Å². The van der Waals surface area contributed by atoms with Gasteiger partial charge >= 0.3 is 0 Å². The maximum Gasteiger partial charge on any atom is 0.228 e. The topological polar surface area (TPSA) is 17.1 Å². The van der Waals surface area contributed by atoms with E-state index in [0.717, 1.165) is 0 Å².